The Bertz CT molecular complexity index is 1510. The van der Waals surface area contributed by atoms with Gasteiger partial charge < -0.3 is 19.8 Å². The lowest BCUT2D eigenvalue weighted by atomic mass is 9.82. The fourth-order valence-electron chi connectivity index (χ4n) is 4.77. The van der Waals surface area contributed by atoms with Crippen molar-refractivity contribution in [2.75, 3.05) is 19.4 Å². The number of nitrogens with two attached hydrogens (primary N) is 1. The van der Waals surface area contributed by atoms with Crippen LogP contribution in [0.15, 0.2) is 34.7 Å². The van der Waals surface area contributed by atoms with Gasteiger partial charge in [-0.2, -0.15) is 0 Å². The Morgan fingerprint density at radius 2 is 2.12 bits per heavy atom. The van der Waals surface area contributed by atoms with Gasteiger partial charge in [0.2, 0.25) is 11.8 Å². The maximum atomic E-state index is 14.8. The van der Waals surface area contributed by atoms with Crippen molar-refractivity contribution in [3.8, 4) is 5.75 Å². The van der Waals surface area contributed by atoms with E-state index in [-0.39, 0.29) is 36.6 Å². The van der Waals surface area contributed by atoms with E-state index >= 15 is 0 Å². The van der Waals surface area contributed by atoms with E-state index in [0.717, 1.165) is 4.70 Å². The molecule has 2 aliphatic rings. The lowest BCUT2D eigenvalue weighted by Gasteiger charge is -2.28. The van der Waals surface area contributed by atoms with E-state index in [9.17, 15) is 18.8 Å². The fraction of sp³-hybridized carbons (Fsp3) is 0.217. The molecule has 6 rings (SSSR count). The van der Waals surface area contributed by atoms with Crippen LogP contribution in [0, 0.1) is 5.82 Å². The van der Waals surface area contributed by atoms with E-state index in [1.54, 1.807) is 18.2 Å². The molecule has 1 atom stereocenters. The molecule has 4 aromatic rings. The number of nitrogens with one attached hydrogen (secondary N) is 1. The van der Waals surface area contributed by atoms with Gasteiger partial charge in [-0.15, -0.1) is 0 Å². The molecule has 0 spiro atoms. The van der Waals surface area contributed by atoms with Crippen LogP contribution < -0.4 is 15.8 Å². The number of carbonyl (C=O) groups excluding carboxylic acids is 3. The van der Waals surface area contributed by atoms with Gasteiger partial charge in [-0.3, -0.25) is 19.7 Å². The van der Waals surface area contributed by atoms with E-state index in [1.165, 1.54) is 29.4 Å². The van der Waals surface area contributed by atoms with Crippen LogP contribution in [0.3, 0.4) is 0 Å². The Labute approximate surface area is 195 Å². The van der Waals surface area contributed by atoms with Gasteiger partial charge in [-0.05, 0) is 23.8 Å². The van der Waals surface area contributed by atoms with Gasteiger partial charge in [0.05, 0.1) is 29.3 Å². The third-order valence-electron chi connectivity index (χ3n) is 6.40. The number of fused-ring (bicyclic) bond motifs is 3. The van der Waals surface area contributed by atoms with Gasteiger partial charge in [-0.1, -0.05) is 17.4 Å². The Balaban J connectivity index is 1.42. The van der Waals surface area contributed by atoms with Crippen LogP contribution in [0.2, 0.25) is 0 Å². The van der Waals surface area contributed by atoms with Crippen LogP contribution in [-0.2, 0) is 21.5 Å². The second kappa shape index (κ2) is 7.00. The van der Waals surface area contributed by atoms with Crippen LogP contribution >= 0.6 is 11.3 Å². The number of aromatic nitrogens is 1. The number of thiazole rings is 1. The first-order chi connectivity index (χ1) is 16.3. The molecule has 34 heavy (non-hydrogen) atoms. The lowest BCUT2D eigenvalue weighted by molar-refractivity contribution is -0.126. The van der Waals surface area contributed by atoms with Crippen LogP contribution in [0.25, 0.3) is 21.2 Å². The standard InChI is InChI=1S/C23H17FN4O5S/c1-32-13-3-2-10-8-28(20(30)18(10)19(13)24)9-23(7-17(29)27-21(23)31)16-5-11-4-15-12(6-14(11)33-16)26-22(25)34-15/h2-6H,7-9H2,1H3,(H2,25,26)(H,27,29,31)/t23-/m1/s1. The second-order valence-electron chi connectivity index (χ2n) is 8.43. The van der Waals surface area contributed by atoms with Crippen molar-refractivity contribution < 1.29 is 27.9 Å². The Morgan fingerprint density at radius 3 is 2.85 bits per heavy atom. The van der Waals surface area contributed by atoms with Gasteiger partial charge >= 0.3 is 0 Å². The predicted octanol–water partition coefficient (Wildman–Crippen LogP) is 2.71. The number of ether oxygens (including phenoxy) is 1. The summed E-state index contributed by atoms with van der Waals surface area (Å²) in [5.41, 5.74) is 5.87. The first kappa shape index (κ1) is 20.6. The zero-order valence-electron chi connectivity index (χ0n) is 17.8. The van der Waals surface area contributed by atoms with Crippen molar-refractivity contribution in [3.63, 3.8) is 0 Å². The molecule has 0 aliphatic carbocycles. The van der Waals surface area contributed by atoms with Gasteiger partial charge in [0.25, 0.3) is 5.91 Å². The number of nitrogen functional groups attached to an aromatic ring is 1. The smallest absolute Gasteiger partial charge is 0.257 e. The van der Waals surface area contributed by atoms with Crippen LogP contribution in [0.5, 0.6) is 5.75 Å². The van der Waals surface area contributed by atoms with E-state index in [2.05, 4.69) is 10.3 Å². The molecule has 0 radical (unpaired) electrons. The van der Waals surface area contributed by atoms with E-state index in [4.69, 9.17) is 14.9 Å². The largest absolute Gasteiger partial charge is 0.494 e. The highest BCUT2D eigenvalue weighted by Gasteiger charge is 2.53. The molecule has 2 aliphatic heterocycles. The zero-order chi connectivity index (χ0) is 23.8. The molecule has 0 unspecified atom stereocenters. The van der Waals surface area contributed by atoms with Crippen molar-refractivity contribution in [3.05, 3.63) is 53.0 Å². The third kappa shape index (κ3) is 2.83. The van der Waals surface area contributed by atoms with Gasteiger partial charge in [0.1, 0.15) is 16.8 Å². The summed E-state index contributed by atoms with van der Waals surface area (Å²) >= 11 is 1.33. The van der Waals surface area contributed by atoms with Crippen molar-refractivity contribution in [2.24, 2.45) is 0 Å². The Kier molecular flexibility index (Phi) is 4.24. The molecule has 3 amide bonds. The summed E-state index contributed by atoms with van der Waals surface area (Å²) in [6, 6.07) is 8.35. The summed E-state index contributed by atoms with van der Waals surface area (Å²) in [4.78, 5) is 44.1. The maximum absolute atomic E-state index is 14.8. The number of hydrogen-bond donors (Lipinski definition) is 2. The van der Waals surface area contributed by atoms with Gasteiger partial charge in [0.15, 0.2) is 16.7 Å². The second-order valence-corrected chi connectivity index (χ2v) is 9.50. The first-order valence-electron chi connectivity index (χ1n) is 10.4. The van der Waals surface area contributed by atoms with Gasteiger partial charge in [0, 0.05) is 24.5 Å². The molecule has 0 saturated carbocycles. The number of halogens is 1. The zero-order valence-corrected chi connectivity index (χ0v) is 18.6. The minimum Gasteiger partial charge on any atom is -0.494 e. The average molecular weight is 480 g/mol. The molecule has 1 saturated heterocycles. The molecule has 2 aromatic heterocycles. The molecular weight excluding hydrogens is 463 g/mol. The Hall–Kier alpha value is -3.99. The van der Waals surface area contributed by atoms with Crippen LogP contribution in [0.1, 0.15) is 28.1 Å². The quantitative estimate of drug-likeness (QED) is 0.430. The minimum absolute atomic E-state index is 0.0380. The van der Waals surface area contributed by atoms with Crippen molar-refractivity contribution in [1.82, 2.24) is 15.2 Å². The normalized spacial score (nSPS) is 19.9. The summed E-state index contributed by atoms with van der Waals surface area (Å²) in [5.74, 6) is -2.15. The number of hydrogen-bond acceptors (Lipinski definition) is 8. The third-order valence-corrected chi connectivity index (χ3v) is 7.25. The predicted molar refractivity (Wildman–Crippen MR) is 121 cm³/mol. The van der Waals surface area contributed by atoms with Crippen LogP contribution in [0.4, 0.5) is 9.52 Å². The summed E-state index contributed by atoms with van der Waals surface area (Å²) in [6.07, 6.45) is -0.197. The van der Waals surface area contributed by atoms with Crippen molar-refractivity contribution in [1.29, 1.82) is 0 Å². The molecule has 2 aromatic carbocycles. The highest BCUT2D eigenvalue weighted by atomic mass is 32.1. The number of furan rings is 1. The molecule has 1 fully saturated rings. The minimum atomic E-state index is -1.45. The summed E-state index contributed by atoms with van der Waals surface area (Å²) < 4.78 is 26.7. The number of amides is 3. The first-order valence-corrected chi connectivity index (χ1v) is 11.2. The van der Waals surface area contributed by atoms with Crippen LogP contribution in [-0.4, -0.2) is 41.3 Å². The number of methoxy groups -OCH3 is 1. The molecule has 0 bridgehead atoms. The van der Waals surface area contributed by atoms with Crippen molar-refractivity contribution >= 4 is 55.4 Å². The van der Waals surface area contributed by atoms with E-state index in [0.29, 0.717) is 27.2 Å². The molecular formula is C23H17FN4O5S. The number of nitrogens with zero attached hydrogens (tertiary/aromatic N) is 2. The summed E-state index contributed by atoms with van der Waals surface area (Å²) in [7, 11) is 1.32. The molecule has 11 heteroatoms. The van der Waals surface area contributed by atoms with E-state index < -0.39 is 29.0 Å². The number of rotatable bonds is 4. The fourth-order valence-corrected chi connectivity index (χ4v) is 5.53. The number of anilines is 1. The number of benzene rings is 2. The molecule has 3 N–H and O–H groups in total. The topological polar surface area (TPSA) is 128 Å². The number of carbonyl (C=O) groups is 3. The van der Waals surface area contributed by atoms with E-state index in [1.807, 2.05) is 6.07 Å². The highest BCUT2D eigenvalue weighted by Crippen LogP contribution is 2.41. The lowest BCUT2D eigenvalue weighted by Crippen LogP contribution is -2.46. The average Bonchev–Trinajstić information content (AvgIpc) is 3.51. The molecule has 9 nitrogen and oxygen atoms in total. The monoisotopic (exact) mass is 480 g/mol. The molecule has 4 heterocycles. The maximum Gasteiger partial charge on any atom is 0.257 e. The summed E-state index contributed by atoms with van der Waals surface area (Å²) in [5, 5.41) is 3.47. The van der Waals surface area contributed by atoms with Gasteiger partial charge in [-0.25, -0.2) is 9.37 Å². The SMILES string of the molecule is COc1ccc2c(c1F)C(=O)N(C[C@@]1(c3cc4cc5sc(N)nc5cc4o3)CC(=O)NC1=O)C2. The highest BCUT2D eigenvalue weighted by molar-refractivity contribution is 7.22. The molecule has 172 valence electrons. The number of imide groups is 1. The Morgan fingerprint density at radius 1 is 1.29 bits per heavy atom. The van der Waals surface area contributed by atoms with Crippen molar-refractivity contribution in [2.45, 2.75) is 18.4 Å². The summed E-state index contributed by atoms with van der Waals surface area (Å²) in [6.45, 7) is -0.0588.